The maximum absolute atomic E-state index is 12.0. The van der Waals surface area contributed by atoms with Crippen LogP contribution in [0.3, 0.4) is 0 Å². The van der Waals surface area contributed by atoms with Crippen molar-refractivity contribution in [2.45, 2.75) is 19.8 Å². The number of nitrogens with zero attached hydrogens (tertiary/aromatic N) is 1. The molecule has 1 aliphatic heterocycles. The van der Waals surface area contributed by atoms with Crippen LogP contribution in [0.25, 0.3) is 0 Å². The fourth-order valence-corrected chi connectivity index (χ4v) is 4.13. The Morgan fingerprint density at radius 1 is 1.31 bits per heavy atom. The van der Waals surface area contributed by atoms with Gasteiger partial charge >= 0.3 is 0 Å². The highest BCUT2D eigenvalue weighted by Crippen LogP contribution is 2.32. The molecule has 0 N–H and O–H groups in total. The molecule has 1 aliphatic rings. The van der Waals surface area contributed by atoms with Gasteiger partial charge in [0.05, 0.1) is 11.4 Å². The number of sulfonamides is 1. The summed E-state index contributed by atoms with van der Waals surface area (Å²) in [6.45, 7) is 2.55. The summed E-state index contributed by atoms with van der Waals surface area (Å²) >= 11 is 3.46. The van der Waals surface area contributed by atoms with Crippen molar-refractivity contribution in [3.05, 3.63) is 28.2 Å². The third-order valence-corrected chi connectivity index (χ3v) is 5.68. The van der Waals surface area contributed by atoms with Gasteiger partial charge in [0.15, 0.2) is 0 Å². The normalized spacial score (nSPS) is 19.8. The minimum atomic E-state index is -3.11. The highest BCUT2D eigenvalue weighted by molar-refractivity contribution is 9.10. The third-order valence-electron chi connectivity index (χ3n) is 2.79. The first-order valence-corrected chi connectivity index (χ1v) is 7.68. The van der Waals surface area contributed by atoms with E-state index in [9.17, 15) is 8.42 Å². The molecule has 0 aliphatic carbocycles. The van der Waals surface area contributed by atoms with Crippen molar-refractivity contribution in [1.29, 1.82) is 0 Å². The van der Waals surface area contributed by atoms with Crippen LogP contribution >= 0.6 is 15.9 Å². The van der Waals surface area contributed by atoms with Crippen LogP contribution in [0.4, 0.5) is 5.69 Å². The Morgan fingerprint density at radius 3 is 2.75 bits per heavy atom. The molecule has 0 radical (unpaired) electrons. The summed E-state index contributed by atoms with van der Waals surface area (Å²) in [5, 5.41) is 0. The average molecular weight is 304 g/mol. The lowest BCUT2D eigenvalue weighted by molar-refractivity contribution is 0.574. The molecular weight excluding hydrogens is 290 g/mol. The van der Waals surface area contributed by atoms with Crippen molar-refractivity contribution in [1.82, 2.24) is 0 Å². The smallest absolute Gasteiger partial charge is 0.235 e. The molecule has 0 unspecified atom stereocenters. The van der Waals surface area contributed by atoms with E-state index in [4.69, 9.17) is 0 Å². The van der Waals surface area contributed by atoms with Crippen molar-refractivity contribution in [3.8, 4) is 0 Å². The van der Waals surface area contributed by atoms with Crippen LogP contribution in [-0.2, 0) is 10.0 Å². The molecule has 16 heavy (non-hydrogen) atoms. The van der Waals surface area contributed by atoms with E-state index < -0.39 is 10.0 Å². The van der Waals surface area contributed by atoms with E-state index in [0.29, 0.717) is 6.54 Å². The predicted molar refractivity (Wildman–Crippen MR) is 69.2 cm³/mol. The Hall–Kier alpha value is -0.550. The van der Waals surface area contributed by atoms with Crippen LogP contribution in [0.2, 0.25) is 0 Å². The Balaban J connectivity index is 2.47. The van der Waals surface area contributed by atoms with Gasteiger partial charge in [-0.3, -0.25) is 4.31 Å². The van der Waals surface area contributed by atoms with Crippen LogP contribution in [0.5, 0.6) is 0 Å². The van der Waals surface area contributed by atoms with Crippen molar-refractivity contribution in [2.75, 3.05) is 16.6 Å². The summed E-state index contributed by atoms with van der Waals surface area (Å²) in [4.78, 5) is 0. The number of benzene rings is 1. The van der Waals surface area contributed by atoms with Crippen LogP contribution in [-0.4, -0.2) is 20.7 Å². The largest absolute Gasteiger partial charge is 0.269 e. The number of hydrogen-bond acceptors (Lipinski definition) is 2. The number of halogens is 1. The molecule has 1 heterocycles. The van der Waals surface area contributed by atoms with Gasteiger partial charge in [0.25, 0.3) is 0 Å². The highest BCUT2D eigenvalue weighted by Gasteiger charge is 2.27. The second kappa shape index (κ2) is 4.37. The number of rotatable bonds is 1. The first kappa shape index (κ1) is 11.9. The summed E-state index contributed by atoms with van der Waals surface area (Å²) < 4.78 is 26.3. The van der Waals surface area contributed by atoms with E-state index in [2.05, 4.69) is 15.9 Å². The summed E-state index contributed by atoms with van der Waals surface area (Å²) in [7, 11) is -3.11. The minimum absolute atomic E-state index is 0.257. The number of hydrogen-bond donors (Lipinski definition) is 0. The van der Waals surface area contributed by atoms with Gasteiger partial charge in [-0.05, 0) is 47.3 Å². The highest BCUT2D eigenvalue weighted by atomic mass is 79.9. The number of anilines is 1. The lowest BCUT2D eigenvalue weighted by Crippen LogP contribution is -2.38. The van der Waals surface area contributed by atoms with E-state index in [0.717, 1.165) is 28.6 Å². The first-order chi connectivity index (χ1) is 7.52. The monoisotopic (exact) mass is 303 g/mol. The standard InChI is InChI=1S/C11H14BrNO2S/c1-9-5-4-6-10(11(9)12)13-7-2-3-8-16(13,14)15/h4-6H,2-3,7-8H2,1H3. The van der Waals surface area contributed by atoms with Gasteiger partial charge in [0, 0.05) is 11.0 Å². The van der Waals surface area contributed by atoms with E-state index >= 15 is 0 Å². The number of aryl methyl sites for hydroxylation is 1. The zero-order chi connectivity index (χ0) is 11.8. The van der Waals surface area contributed by atoms with Gasteiger partial charge in [-0.25, -0.2) is 8.42 Å². The van der Waals surface area contributed by atoms with E-state index in [-0.39, 0.29) is 5.75 Å². The third kappa shape index (κ3) is 2.11. The summed E-state index contributed by atoms with van der Waals surface area (Å²) in [5.74, 6) is 0.257. The molecule has 0 amide bonds. The van der Waals surface area contributed by atoms with Gasteiger partial charge in [-0.1, -0.05) is 12.1 Å². The molecule has 1 fully saturated rings. The maximum atomic E-state index is 12.0. The van der Waals surface area contributed by atoms with E-state index in [1.165, 1.54) is 4.31 Å². The fourth-order valence-electron chi connectivity index (χ4n) is 1.88. The lowest BCUT2D eigenvalue weighted by atomic mass is 10.2. The molecule has 1 aromatic rings. The second-order valence-electron chi connectivity index (χ2n) is 4.00. The van der Waals surface area contributed by atoms with Crippen LogP contribution in [0.1, 0.15) is 18.4 Å². The van der Waals surface area contributed by atoms with Crippen molar-refractivity contribution in [3.63, 3.8) is 0 Å². The molecule has 88 valence electrons. The molecule has 0 atom stereocenters. The fraction of sp³-hybridized carbons (Fsp3) is 0.455. The molecular formula is C11H14BrNO2S. The topological polar surface area (TPSA) is 37.4 Å². The molecule has 2 rings (SSSR count). The Bertz CT molecular complexity index is 499. The van der Waals surface area contributed by atoms with Gasteiger partial charge in [-0.2, -0.15) is 0 Å². The van der Waals surface area contributed by atoms with Crippen LogP contribution in [0, 0.1) is 6.92 Å². The molecule has 1 saturated heterocycles. The van der Waals surface area contributed by atoms with E-state index in [1.807, 2.05) is 25.1 Å². The van der Waals surface area contributed by atoms with Crippen molar-refractivity contribution < 1.29 is 8.42 Å². The van der Waals surface area contributed by atoms with Gasteiger partial charge < -0.3 is 0 Å². The SMILES string of the molecule is Cc1cccc(N2CCCCS2(=O)=O)c1Br. The average Bonchev–Trinajstić information content (AvgIpc) is 2.22. The van der Waals surface area contributed by atoms with Gasteiger partial charge in [0.1, 0.15) is 0 Å². The predicted octanol–water partition coefficient (Wildman–Crippen LogP) is 2.69. The van der Waals surface area contributed by atoms with Crippen molar-refractivity contribution >= 4 is 31.6 Å². The Morgan fingerprint density at radius 2 is 2.06 bits per heavy atom. The zero-order valence-electron chi connectivity index (χ0n) is 9.11. The first-order valence-electron chi connectivity index (χ1n) is 5.28. The zero-order valence-corrected chi connectivity index (χ0v) is 11.5. The van der Waals surface area contributed by atoms with Crippen LogP contribution < -0.4 is 4.31 Å². The summed E-state index contributed by atoms with van der Waals surface area (Å²) in [6, 6.07) is 5.70. The van der Waals surface area contributed by atoms with Gasteiger partial charge in [0.2, 0.25) is 10.0 Å². The Kier molecular flexibility index (Phi) is 3.26. The Labute approximate surface area is 105 Å². The molecule has 5 heteroatoms. The van der Waals surface area contributed by atoms with Crippen molar-refractivity contribution in [2.24, 2.45) is 0 Å². The molecule has 0 spiro atoms. The minimum Gasteiger partial charge on any atom is -0.269 e. The molecule has 1 aromatic carbocycles. The lowest BCUT2D eigenvalue weighted by Gasteiger charge is -2.29. The summed E-state index contributed by atoms with van der Waals surface area (Å²) in [5.41, 5.74) is 1.82. The summed E-state index contributed by atoms with van der Waals surface area (Å²) in [6.07, 6.45) is 1.70. The van der Waals surface area contributed by atoms with Gasteiger partial charge in [-0.15, -0.1) is 0 Å². The molecule has 0 bridgehead atoms. The molecule has 0 saturated carbocycles. The molecule has 0 aromatic heterocycles. The van der Waals surface area contributed by atoms with E-state index in [1.54, 1.807) is 0 Å². The maximum Gasteiger partial charge on any atom is 0.235 e. The second-order valence-corrected chi connectivity index (χ2v) is 6.81. The molecule has 3 nitrogen and oxygen atoms in total. The quantitative estimate of drug-likeness (QED) is 0.800. The van der Waals surface area contributed by atoms with Crippen LogP contribution in [0.15, 0.2) is 22.7 Å².